The first-order chi connectivity index (χ1) is 10.3. The molecule has 4 nitrogen and oxygen atoms in total. The topological polar surface area (TPSA) is 48.7 Å². The Morgan fingerprint density at radius 3 is 2.86 bits per heavy atom. The Bertz CT molecular complexity index is 667. The molecule has 0 atom stereocenters. The number of aromatic nitrogens is 1. The minimum Gasteiger partial charge on any atom is -0.506 e. The second kappa shape index (κ2) is 6.06. The molecule has 0 radical (unpaired) electrons. The Kier molecular flexibility index (Phi) is 3.97. The van der Waals surface area contributed by atoms with Crippen molar-refractivity contribution in [1.82, 2.24) is 9.88 Å². The summed E-state index contributed by atoms with van der Waals surface area (Å²) >= 11 is 0. The summed E-state index contributed by atoms with van der Waals surface area (Å²) in [6.07, 6.45) is 2.67. The second-order valence-electron chi connectivity index (χ2n) is 5.32. The van der Waals surface area contributed by atoms with Crippen LogP contribution >= 0.6 is 0 Å². The number of aliphatic imine (C=N–C) groups is 1. The first-order valence-electron chi connectivity index (χ1n) is 7.16. The summed E-state index contributed by atoms with van der Waals surface area (Å²) < 4.78 is 0. The van der Waals surface area contributed by atoms with Crippen molar-refractivity contribution >= 4 is 6.21 Å². The predicted octanol–water partition coefficient (Wildman–Crippen LogP) is 2.39. The lowest BCUT2D eigenvalue weighted by Gasteiger charge is -2.28. The summed E-state index contributed by atoms with van der Waals surface area (Å²) in [4.78, 5) is 10.8. The lowest BCUT2D eigenvalue weighted by atomic mass is 10.00. The highest BCUT2D eigenvalue weighted by Crippen LogP contribution is 2.21. The number of aromatic hydroxyl groups is 1. The van der Waals surface area contributed by atoms with Gasteiger partial charge in [-0.25, -0.2) is 4.98 Å². The molecule has 1 aliphatic heterocycles. The molecule has 0 aliphatic carbocycles. The third-order valence-corrected chi connectivity index (χ3v) is 3.81. The highest BCUT2D eigenvalue weighted by molar-refractivity contribution is 5.80. The number of benzene rings is 1. The molecule has 0 amide bonds. The Labute approximate surface area is 124 Å². The number of rotatable bonds is 3. The van der Waals surface area contributed by atoms with E-state index in [1.807, 2.05) is 6.07 Å². The van der Waals surface area contributed by atoms with E-state index in [-0.39, 0.29) is 5.75 Å². The molecule has 0 saturated carbocycles. The fraction of sp³-hybridized carbons (Fsp3) is 0.294. The van der Waals surface area contributed by atoms with Gasteiger partial charge in [0.2, 0.25) is 0 Å². The molecule has 1 aromatic heterocycles. The Hall–Kier alpha value is -2.20. The van der Waals surface area contributed by atoms with Gasteiger partial charge < -0.3 is 5.11 Å². The monoisotopic (exact) mass is 281 g/mol. The van der Waals surface area contributed by atoms with Crippen LogP contribution in [0.4, 0.5) is 0 Å². The maximum Gasteiger partial charge on any atom is 0.142 e. The molecule has 1 aliphatic rings. The SMILES string of the molecule is C/N=C/c1nc(CN2CCc3ccccc3C2)ccc1O. The first kappa shape index (κ1) is 13.8. The lowest BCUT2D eigenvalue weighted by Crippen LogP contribution is -2.30. The molecule has 4 heteroatoms. The van der Waals surface area contributed by atoms with Crippen LogP contribution in [0.3, 0.4) is 0 Å². The highest BCUT2D eigenvalue weighted by Gasteiger charge is 2.16. The molecular formula is C17H19N3O. The number of nitrogens with zero attached hydrogens (tertiary/aromatic N) is 3. The number of hydrogen-bond donors (Lipinski definition) is 1. The molecule has 1 aromatic carbocycles. The zero-order chi connectivity index (χ0) is 14.7. The average molecular weight is 281 g/mol. The molecule has 3 rings (SSSR count). The van der Waals surface area contributed by atoms with Crippen molar-refractivity contribution in [3.63, 3.8) is 0 Å². The van der Waals surface area contributed by atoms with Gasteiger partial charge in [-0.1, -0.05) is 24.3 Å². The minimum atomic E-state index is 0.174. The average Bonchev–Trinajstić information content (AvgIpc) is 2.51. The van der Waals surface area contributed by atoms with Gasteiger partial charge in [0.15, 0.2) is 0 Å². The maximum atomic E-state index is 9.73. The Morgan fingerprint density at radius 1 is 1.24 bits per heavy atom. The summed E-state index contributed by atoms with van der Waals surface area (Å²) in [5, 5.41) is 9.73. The van der Waals surface area contributed by atoms with Crippen LogP contribution in [-0.4, -0.2) is 34.8 Å². The molecule has 0 fully saturated rings. The van der Waals surface area contributed by atoms with E-state index < -0.39 is 0 Å². The van der Waals surface area contributed by atoms with E-state index in [0.29, 0.717) is 5.69 Å². The standard InChI is InChI=1S/C17H19N3O/c1-18-10-16-17(21)7-6-15(19-16)12-20-9-8-13-4-2-3-5-14(13)11-20/h2-7,10,21H,8-9,11-12H2,1H3/b18-10+. The molecule has 21 heavy (non-hydrogen) atoms. The lowest BCUT2D eigenvalue weighted by molar-refractivity contribution is 0.242. The van der Waals surface area contributed by atoms with Crippen LogP contribution in [0.1, 0.15) is 22.5 Å². The Balaban J connectivity index is 1.75. The van der Waals surface area contributed by atoms with Crippen molar-refractivity contribution in [2.45, 2.75) is 19.5 Å². The van der Waals surface area contributed by atoms with Crippen molar-refractivity contribution in [3.8, 4) is 5.75 Å². The molecule has 0 spiro atoms. The third-order valence-electron chi connectivity index (χ3n) is 3.81. The van der Waals surface area contributed by atoms with E-state index in [4.69, 9.17) is 0 Å². The van der Waals surface area contributed by atoms with Crippen LogP contribution in [-0.2, 0) is 19.5 Å². The van der Waals surface area contributed by atoms with E-state index >= 15 is 0 Å². The minimum absolute atomic E-state index is 0.174. The largest absolute Gasteiger partial charge is 0.506 e. The van der Waals surface area contributed by atoms with Gasteiger partial charge in [-0.15, -0.1) is 0 Å². The first-order valence-corrected chi connectivity index (χ1v) is 7.16. The van der Waals surface area contributed by atoms with E-state index in [0.717, 1.165) is 31.7 Å². The zero-order valence-corrected chi connectivity index (χ0v) is 12.2. The fourth-order valence-electron chi connectivity index (χ4n) is 2.73. The molecule has 0 bridgehead atoms. The van der Waals surface area contributed by atoms with Crippen molar-refractivity contribution in [2.24, 2.45) is 4.99 Å². The highest BCUT2D eigenvalue weighted by atomic mass is 16.3. The van der Waals surface area contributed by atoms with Gasteiger partial charge in [-0.2, -0.15) is 0 Å². The Morgan fingerprint density at radius 2 is 2.05 bits per heavy atom. The second-order valence-corrected chi connectivity index (χ2v) is 5.32. The summed E-state index contributed by atoms with van der Waals surface area (Å²) in [5.41, 5.74) is 4.35. The third kappa shape index (κ3) is 3.11. The van der Waals surface area contributed by atoms with Gasteiger partial charge >= 0.3 is 0 Å². The number of fused-ring (bicyclic) bond motifs is 1. The fourth-order valence-corrected chi connectivity index (χ4v) is 2.73. The van der Waals surface area contributed by atoms with Gasteiger partial charge in [0.1, 0.15) is 11.4 Å². The van der Waals surface area contributed by atoms with E-state index in [1.54, 1.807) is 19.3 Å². The smallest absolute Gasteiger partial charge is 0.142 e. The van der Waals surface area contributed by atoms with Crippen LogP contribution < -0.4 is 0 Å². The van der Waals surface area contributed by atoms with E-state index in [9.17, 15) is 5.11 Å². The summed E-state index contributed by atoms with van der Waals surface area (Å²) in [5.74, 6) is 0.174. The summed E-state index contributed by atoms with van der Waals surface area (Å²) in [7, 11) is 1.68. The molecule has 2 heterocycles. The zero-order valence-electron chi connectivity index (χ0n) is 12.2. The van der Waals surface area contributed by atoms with E-state index in [2.05, 4.69) is 39.1 Å². The van der Waals surface area contributed by atoms with Crippen molar-refractivity contribution in [3.05, 3.63) is 58.9 Å². The summed E-state index contributed by atoms with van der Waals surface area (Å²) in [6.45, 7) is 2.78. The van der Waals surface area contributed by atoms with Crippen molar-refractivity contribution in [2.75, 3.05) is 13.6 Å². The maximum absolute atomic E-state index is 9.73. The number of hydrogen-bond acceptors (Lipinski definition) is 4. The molecule has 0 unspecified atom stereocenters. The van der Waals surface area contributed by atoms with Crippen LogP contribution in [0, 0.1) is 0 Å². The van der Waals surface area contributed by atoms with Crippen molar-refractivity contribution < 1.29 is 5.11 Å². The molecule has 0 saturated heterocycles. The van der Waals surface area contributed by atoms with Gasteiger partial charge in [0.05, 0.1) is 11.9 Å². The molecule has 108 valence electrons. The summed E-state index contributed by atoms with van der Waals surface area (Å²) in [6, 6.07) is 12.2. The number of pyridine rings is 1. The normalized spacial score (nSPS) is 15.3. The molecular weight excluding hydrogens is 262 g/mol. The van der Waals surface area contributed by atoms with Crippen LogP contribution in [0.2, 0.25) is 0 Å². The quantitative estimate of drug-likeness (QED) is 0.879. The van der Waals surface area contributed by atoms with Gasteiger partial charge in [-0.3, -0.25) is 9.89 Å². The van der Waals surface area contributed by atoms with Gasteiger partial charge in [0.25, 0.3) is 0 Å². The van der Waals surface area contributed by atoms with Gasteiger partial charge in [0, 0.05) is 26.7 Å². The molecule has 2 aromatic rings. The predicted molar refractivity (Wildman–Crippen MR) is 83.7 cm³/mol. The van der Waals surface area contributed by atoms with Crippen LogP contribution in [0.15, 0.2) is 41.4 Å². The van der Waals surface area contributed by atoms with E-state index in [1.165, 1.54) is 11.1 Å². The molecule has 1 N–H and O–H groups in total. The van der Waals surface area contributed by atoms with Gasteiger partial charge in [-0.05, 0) is 29.7 Å². The van der Waals surface area contributed by atoms with Crippen LogP contribution in [0.25, 0.3) is 0 Å². The van der Waals surface area contributed by atoms with Crippen LogP contribution in [0.5, 0.6) is 5.75 Å². The van der Waals surface area contributed by atoms with Crippen molar-refractivity contribution in [1.29, 1.82) is 0 Å².